The van der Waals surface area contributed by atoms with Crippen molar-refractivity contribution in [1.29, 1.82) is 0 Å². The second kappa shape index (κ2) is 2.62. The Kier molecular flexibility index (Phi) is 1.71. The first-order chi connectivity index (χ1) is 5.74. The van der Waals surface area contributed by atoms with E-state index in [1.165, 1.54) is 0 Å². The Morgan fingerprint density at radius 1 is 1.42 bits per heavy atom. The average molecular weight is 173 g/mol. The van der Waals surface area contributed by atoms with Crippen LogP contribution in [0.15, 0.2) is 12.0 Å². The van der Waals surface area contributed by atoms with Gasteiger partial charge in [-0.1, -0.05) is 0 Å². The fourth-order valence-electron chi connectivity index (χ4n) is 1.64. The number of piperidine rings is 1. The number of hydrogen-bond donors (Lipinski definition) is 4. The molecule has 4 atom stereocenters. The minimum Gasteiger partial charge on any atom is -0.512 e. The number of aliphatic hydroxyl groups excluding tert-OH is 3. The Hall–Kier alpha value is -0.780. The molecule has 0 aromatic rings. The van der Waals surface area contributed by atoms with Crippen LogP contribution in [-0.4, -0.2) is 46.2 Å². The zero-order valence-electron chi connectivity index (χ0n) is 6.34. The first kappa shape index (κ1) is 7.85. The molecular weight excluding hydrogens is 162 g/mol. The monoisotopic (exact) mass is 173 g/mol. The van der Waals surface area contributed by atoms with Crippen molar-refractivity contribution in [2.45, 2.75) is 24.4 Å². The van der Waals surface area contributed by atoms with E-state index in [0.717, 1.165) is 6.26 Å². The predicted octanol–water partition coefficient (Wildman–Crippen LogP) is -1.52. The molecule has 2 bridgehead atoms. The lowest BCUT2D eigenvalue weighted by molar-refractivity contribution is -0.146. The molecule has 0 saturated carbocycles. The number of rotatable bonds is 0. The zero-order valence-corrected chi connectivity index (χ0v) is 6.34. The van der Waals surface area contributed by atoms with Crippen molar-refractivity contribution >= 4 is 0 Å². The maximum Gasteiger partial charge on any atom is 0.150 e. The van der Waals surface area contributed by atoms with Gasteiger partial charge < -0.3 is 25.4 Å². The van der Waals surface area contributed by atoms with Crippen LogP contribution < -0.4 is 5.32 Å². The Balaban J connectivity index is 2.24. The Morgan fingerprint density at radius 3 is 2.75 bits per heavy atom. The van der Waals surface area contributed by atoms with Crippen LogP contribution >= 0.6 is 0 Å². The fraction of sp³-hybridized carbons (Fsp3) is 0.714. The highest BCUT2D eigenvalue weighted by atomic mass is 16.5. The third kappa shape index (κ3) is 0.906. The van der Waals surface area contributed by atoms with Gasteiger partial charge in [0.15, 0.2) is 5.76 Å². The minimum atomic E-state index is -0.893. The molecule has 0 radical (unpaired) electrons. The molecule has 0 spiro atoms. The molecule has 3 heterocycles. The predicted molar refractivity (Wildman–Crippen MR) is 39.4 cm³/mol. The van der Waals surface area contributed by atoms with Gasteiger partial charge in [-0.15, -0.1) is 0 Å². The quantitative estimate of drug-likeness (QED) is 0.334. The van der Waals surface area contributed by atoms with Crippen LogP contribution in [0.1, 0.15) is 0 Å². The van der Waals surface area contributed by atoms with Gasteiger partial charge in [0.25, 0.3) is 0 Å². The zero-order chi connectivity index (χ0) is 8.72. The first-order valence-electron chi connectivity index (χ1n) is 3.84. The summed E-state index contributed by atoms with van der Waals surface area (Å²) in [5.74, 6) is 0.295. The number of hydrogen-bond acceptors (Lipinski definition) is 5. The van der Waals surface area contributed by atoms with Gasteiger partial charge in [-0.05, 0) is 0 Å². The third-order valence-corrected chi connectivity index (χ3v) is 2.33. The van der Waals surface area contributed by atoms with E-state index in [2.05, 4.69) is 5.32 Å². The Morgan fingerprint density at radius 2 is 2.17 bits per heavy atom. The summed E-state index contributed by atoms with van der Waals surface area (Å²) in [6, 6.07) is -0.477. The van der Waals surface area contributed by atoms with Gasteiger partial charge in [-0.3, -0.25) is 0 Å². The summed E-state index contributed by atoms with van der Waals surface area (Å²) in [5, 5.41) is 30.4. The maximum atomic E-state index is 9.42. The number of morpholine rings is 1. The van der Waals surface area contributed by atoms with E-state index in [1.807, 2.05) is 0 Å². The molecule has 12 heavy (non-hydrogen) atoms. The summed E-state index contributed by atoms with van der Waals surface area (Å²) in [6.45, 7) is 0.500. The van der Waals surface area contributed by atoms with Crippen LogP contribution in [0.4, 0.5) is 0 Å². The summed E-state index contributed by atoms with van der Waals surface area (Å²) < 4.78 is 5.16. The minimum absolute atomic E-state index is 0.295. The molecule has 3 aliphatic heterocycles. The average Bonchev–Trinajstić information content (AvgIpc) is 2.12. The summed E-state index contributed by atoms with van der Waals surface area (Å²) in [5.41, 5.74) is 0. The fourth-order valence-corrected chi connectivity index (χ4v) is 1.64. The van der Waals surface area contributed by atoms with Crippen LogP contribution in [0.3, 0.4) is 0 Å². The van der Waals surface area contributed by atoms with Crippen LogP contribution in [0.5, 0.6) is 0 Å². The normalized spacial score (nSPS) is 49.3. The number of aliphatic hydroxyl groups is 3. The van der Waals surface area contributed by atoms with Gasteiger partial charge in [-0.2, -0.15) is 0 Å². The van der Waals surface area contributed by atoms with Gasteiger partial charge in [0.1, 0.15) is 24.6 Å². The molecular formula is C7H11NO4. The van der Waals surface area contributed by atoms with Crippen molar-refractivity contribution in [3.8, 4) is 0 Å². The highest BCUT2D eigenvalue weighted by molar-refractivity contribution is 5.14. The molecule has 4 N–H and O–H groups in total. The largest absolute Gasteiger partial charge is 0.512 e. The van der Waals surface area contributed by atoms with Crippen LogP contribution in [-0.2, 0) is 4.74 Å². The summed E-state index contributed by atoms with van der Waals surface area (Å²) in [7, 11) is 0. The molecule has 3 aliphatic rings. The first-order valence-corrected chi connectivity index (χ1v) is 3.84. The molecule has 5 nitrogen and oxygen atoms in total. The van der Waals surface area contributed by atoms with E-state index in [9.17, 15) is 10.2 Å². The van der Waals surface area contributed by atoms with Crippen molar-refractivity contribution in [3.05, 3.63) is 12.0 Å². The van der Waals surface area contributed by atoms with E-state index >= 15 is 0 Å². The molecule has 0 aromatic carbocycles. The van der Waals surface area contributed by atoms with Crippen LogP contribution in [0.2, 0.25) is 0 Å². The highest BCUT2D eigenvalue weighted by Gasteiger charge is 2.46. The van der Waals surface area contributed by atoms with Gasteiger partial charge in [0.05, 0.1) is 6.04 Å². The topological polar surface area (TPSA) is 82.0 Å². The summed E-state index contributed by atoms with van der Waals surface area (Å²) in [4.78, 5) is 0. The molecule has 3 fully saturated rings. The molecule has 5 heteroatoms. The van der Waals surface area contributed by atoms with E-state index in [-0.39, 0.29) is 0 Å². The summed E-state index contributed by atoms with van der Waals surface area (Å²) >= 11 is 0. The molecule has 3 saturated heterocycles. The number of nitrogens with one attached hydrogen (secondary N) is 1. The molecule has 0 aromatic heterocycles. The Bertz CT molecular complexity index is 215. The lowest BCUT2D eigenvalue weighted by atomic mass is 9.91. The second-order valence-corrected chi connectivity index (χ2v) is 3.05. The second-order valence-electron chi connectivity index (χ2n) is 3.05. The van der Waals surface area contributed by atoms with Crippen molar-refractivity contribution < 1.29 is 20.1 Å². The smallest absolute Gasteiger partial charge is 0.150 e. The molecule has 4 unspecified atom stereocenters. The lowest BCUT2D eigenvalue weighted by Crippen LogP contribution is -2.65. The van der Waals surface area contributed by atoms with Crippen molar-refractivity contribution in [3.63, 3.8) is 0 Å². The highest BCUT2D eigenvalue weighted by Crippen LogP contribution is 2.27. The van der Waals surface area contributed by atoms with E-state index < -0.39 is 24.4 Å². The SMILES string of the molecule is O/C=C1/OC2CNC1C(O)C2O. The van der Waals surface area contributed by atoms with Crippen LogP contribution in [0, 0.1) is 0 Å². The summed E-state index contributed by atoms with van der Waals surface area (Å²) in [6.07, 6.45) is -1.39. The lowest BCUT2D eigenvalue weighted by Gasteiger charge is -2.45. The maximum absolute atomic E-state index is 9.42. The van der Waals surface area contributed by atoms with Gasteiger partial charge in [0.2, 0.25) is 0 Å². The van der Waals surface area contributed by atoms with Gasteiger partial charge >= 0.3 is 0 Å². The van der Waals surface area contributed by atoms with E-state index in [0.29, 0.717) is 12.3 Å². The van der Waals surface area contributed by atoms with Gasteiger partial charge in [-0.25, -0.2) is 0 Å². The molecule has 0 aliphatic carbocycles. The van der Waals surface area contributed by atoms with Crippen molar-refractivity contribution in [1.82, 2.24) is 5.32 Å². The van der Waals surface area contributed by atoms with Crippen molar-refractivity contribution in [2.24, 2.45) is 0 Å². The number of ether oxygens (including phenoxy) is 1. The third-order valence-electron chi connectivity index (χ3n) is 2.33. The number of fused-ring (bicyclic) bond motifs is 3. The van der Waals surface area contributed by atoms with E-state index in [4.69, 9.17) is 9.84 Å². The molecule has 3 rings (SSSR count). The molecule has 0 amide bonds. The van der Waals surface area contributed by atoms with Crippen LogP contribution in [0.25, 0.3) is 0 Å². The van der Waals surface area contributed by atoms with E-state index in [1.54, 1.807) is 0 Å². The Labute approximate surface area is 69.3 Å². The molecule has 68 valence electrons. The van der Waals surface area contributed by atoms with Crippen molar-refractivity contribution in [2.75, 3.05) is 6.54 Å². The van der Waals surface area contributed by atoms with Gasteiger partial charge in [0, 0.05) is 6.54 Å². The standard InChI is InChI=1S/C7H11NO4/c9-2-4-5-7(11)6(10)3(12-4)1-8-5/h2-3,5-11H,1H2/b4-2+.